The lowest BCUT2D eigenvalue weighted by Gasteiger charge is -2.13. The van der Waals surface area contributed by atoms with Crippen LogP contribution in [0.5, 0.6) is 5.75 Å². The first-order valence-corrected chi connectivity index (χ1v) is 7.63. The second kappa shape index (κ2) is 6.29. The van der Waals surface area contributed by atoms with Crippen molar-refractivity contribution >= 4 is 32.6 Å². The summed E-state index contributed by atoms with van der Waals surface area (Å²) in [5.74, 6) is -1.30. The molecule has 2 aromatic carbocycles. The van der Waals surface area contributed by atoms with E-state index in [0.29, 0.717) is 10.4 Å². The summed E-state index contributed by atoms with van der Waals surface area (Å²) in [6, 6.07) is 10.8. The fraction of sp³-hybridized carbons (Fsp3) is 0.125. The highest BCUT2D eigenvalue weighted by molar-refractivity contribution is 7.22. The average molecular weight is 334 g/mol. The Labute approximate surface area is 134 Å². The minimum absolute atomic E-state index is 0.0309. The average Bonchev–Trinajstić information content (AvgIpc) is 2.91. The van der Waals surface area contributed by atoms with Crippen molar-refractivity contribution in [1.29, 1.82) is 0 Å². The van der Waals surface area contributed by atoms with Crippen molar-refractivity contribution in [1.82, 2.24) is 4.98 Å². The quantitative estimate of drug-likeness (QED) is 0.785. The summed E-state index contributed by atoms with van der Waals surface area (Å²) >= 11 is 0.999. The van der Waals surface area contributed by atoms with Gasteiger partial charge in [-0.3, -0.25) is 10.1 Å². The maximum atomic E-state index is 13.6. The van der Waals surface area contributed by atoms with Crippen molar-refractivity contribution in [2.45, 2.75) is 13.0 Å². The standard InChI is InChI=1S/C16H12F2N2O2S/c1-9(22-11-5-3-2-4-6-11)15(21)20-16-19-14-12(18)7-10(17)8-13(14)23-16/h2-9H,1H3,(H,19,20,21)/t9-/m0/s1. The van der Waals surface area contributed by atoms with Crippen LogP contribution in [0, 0.1) is 11.6 Å². The van der Waals surface area contributed by atoms with Crippen molar-refractivity contribution in [2.75, 3.05) is 5.32 Å². The molecular formula is C16H12F2N2O2S. The van der Waals surface area contributed by atoms with Crippen molar-refractivity contribution in [2.24, 2.45) is 0 Å². The van der Waals surface area contributed by atoms with Gasteiger partial charge in [0.15, 0.2) is 17.1 Å². The first-order valence-electron chi connectivity index (χ1n) is 6.81. The molecule has 1 N–H and O–H groups in total. The van der Waals surface area contributed by atoms with E-state index in [0.717, 1.165) is 17.4 Å². The smallest absolute Gasteiger partial charge is 0.266 e. The molecule has 0 aliphatic heterocycles. The number of carbonyl (C=O) groups excluding carboxylic acids is 1. The molecule has 0 radical (unpaired) electrons. The lowest BCUT2D eigenvalue weighted by atomic mass is 10.3. The molecule has 3 aromatic rings. The van der Waals surface area contributed by atoms with E-state index in [2.05, 4.69) is 10.3 Å². The SMILES string of the molecule is C[C@H](Oc1ccccc1)C(=O)Nc1nc2c(F)cc(F)cc2s1. The molecule has 0 saturated heterocycles. The normalized spacial score (nSPS) is 12.1. The van der Waals surface area contributed by atoms with E-state index >= 15 is 0 Å². The number of aromatic nitrogens is 1. The molecular weight excluding hydrogens is 322 g/mol. The topological polar surface area (TPSA) is 51.2 Å². The van der Waals surface area contributed by atoms with Gasteiger partial charge in [-0.15, -0.1) is 0 Å². The number of amides is 1. The molecule has 3 rings (SSSR count). The number of nitrogens with zero attached hydrogens (tertiary/aromatic N) is 1. The van der Waals surface area contributed by atoms with Gasteiger partial charge in [-0.1, -0.05) is 29.5 Å². The molecule has 0 bridgehead atoms. The minimum atomic E-state index is -0.759. The van der Waals surface area contributed by atoms with E-state index in [9.17, 15) is 13.6 Å². The maximum Gasteiger partial charge on any atom is 0.266 e. The zero-order chi connectivity index (χ0) is 16.4. The summed E-state index contributed by atoms with van der Waals surface area (Å²) in [4.78, 5) is 16.1. The van der Waals surface area contributed by atoms with Gasteiger partial charge in [-0.05, 0) is 25.1 Å². The molecule has 1 atom stereocenters. The van der Waals surface area contributed by atoms with Crippen molar-refractivity contribution < 1.29 is 18.3 Å². The third-order valence-electron chi connectivity index (χ3n) is 3.07. The summed E-state index contributed by atoms with van der Waals surface area (Å²) in [5, 5.41) is 2.75. The first kappa shape index (κ1) is 15.4. The van der Waals surface area contributed by atoms with Crippen LogP contribution in [0.1, 0.15) is 6.92 Å². The van der Waals surface area contributed by atoms with Gasteiger partial charge in [-0.2, -0.15) is 0 Å². The van der Waals surface area contributed by atoms with Crippen LogP contribution < -0.4 is 10.1 Å². The number of hydrogen-bond acceptors (Lipinski definition) is 4. The van der Waals surface area contributed by atoms with Gasteiger partial charge in [0.2, 0.25) is 0 Å². The Morgan fingerprint density at radius 1 is 1.26 bits per heavy atom. The Balaban J connectivity index is 1.73. The predicted molar refractivity (Wildman–Crippen MR) is 84.7 cm³/mol. The first-order chi connectivity index (χ1) is 11.0. The third-order valence-corrected chi connectivity index (χ3v) is 3.99. The molecule has 1 amide bonds. The molecule has 4 nitrogen and oxygen atoms in total. The van der Waals surface area contributed by atoms with Crippen LogP contribution in [0.2, 0.25) is 0 Å². The number of hydrogen-bond donors (Lipinski definition) is 1. The van der Waals surface area contributed by atoms with E-state index in [1.165, 1.54) is 6.07 Å². The fourth-order valence-corrected chi connectivity index (χ4v) is 2.88. The van der Waals surface area contributed by atoms with Crippen LogP contribution in [0.25, 0.3) is 10.2 Å². The van der Waals surface area contributed by atoms with Crippen molar-refractivity contribution in [3.8, 4) is 5.75 Å². The minimum Gasteiger partial charge on any atom is -0.481 e. The number of fused-ring (bicyclic) bond motifs is 1. The number of carbonyl (C=O) groups is 1. The summed E-state index contributed by atoms with van der Waals surface area (Å²) in [5.41, 5.74) is 0.0309. The van der Waals surface area contributed by atoms with Gasteiger partial charge < -0.3 is 4.74 Å². The Morgan fingerprint density at radius 3 is 2.74 bits per heavy atom. The highest BCUT2D eigenvalue weighted by Gasteiger charge is 2.18. The molecule has 0 aliphatic rings. The third kappa shape index (κ3) is 3.45. The lowest BCUT2D eigenvalue weighted by molar-refractivity contribution is -0.122. The van der Waals surface area contributed by atoms with Gasteiger partial charge in [0.1, 0.15) is 17.1 Å². The van der Waals surface area contributed by atoms with Gasteiger partial charge in [-0.25, -0.2) is 13.8 Å². The van der Waals surface area contributed by atoms with E-state index in [1.54, 1.807) is 31.2 Å². The van der Waals surface area contributed by atoms with Crippen LogP contribution in [-0.2, 0) is 4.79 Å². The summed E-state index contributed by atoms with van der Waals surface area (Å²) in [6.45, 7) is 1.59. The molecule has 7 heteroatoms. The van der Waals surface area contributed by atoms with Crippen molar-refractivity contribution in [3.05, 3.63) is 54.1 Å². The van der Waals surface area contributed by atoms with E-state index in [-0.39, 0.29) is 10.6 Å². The molecule has 1 heterocycles. The number of halogens is 2. The number of nitrogens with one attached hydrogen (secondary N) is 1. The number of anilines is 1. The molecule has 0 unspecified atom stereocenters. The number of para-hydroxylation sites is 1. The molecule has 1 aromatic heterocycles. The Kier molecular flexibility index (Phi) is 4.20. The number of thiazole rings is 1. The van der Waals surface area contributed by atoms with E-state index < -0.39 is 23.6 Å². The molecule has 118 valence electrons. The van der Waals surface area contributed by atoms with E-state index in [4.69, 9.17) is 4.74 Å². The highest BCUT2D eigenvalue weighted by atomic mass is 32.1. The molecule has 0 spiro atoms. The molecule has 0 saturated carbocycles. The number of benzene rings is 2. The second-order valence-corrected chi connectivity index (χ2v) is 5.85. The zero-order valence-electron chi connectivity index (χ0n) is 12.0. The second-order valence-electron chi connectivity index (χ2n) is 4.82. The summed E-state index contributed by atoms with van der Waals surface area (Å²) < 4.78 is 32.6. The Bertz CT molecular complexity index is 852. The molecule has 23 heavy (non-hydrogen) atoms. The van der Waals surface area contributed by atoms with Crippen LogP contribution in [0.15, 0.2) is 42.5 Å². The van der Waals surface area contributed by atoms with Crippen LogP contribution in [0.4, 0.5) is 13.9 Å². The van der Waals surface area contributed by atoms with Gasteiger partial charge in [0.25, 0.3) is 5.91 Å². The van der Waals surface area contributed by atoms with Gasteiger partial charge in [0, 0.05) is 6.07 Å². The largest absolute Gasteiger partial charge is 0.481 e. The highest BCUT2D eigenvalue weighted by Crippen LogP contribution is 2.28. The monoisotopic (exact) mass is 334 g/mol. The summed E-state index contributed by atoms with van der Waals surface area (Å²) in [7, 11) is 0. The van der Waals surface area contributed by atoms with Crippen LogP contribution in [0.3, 0.4) is 0 Å². The van der Waals surface area contributed by atoms with Crippen LogP contribution >= 0.6 is 11.3 Å². The van der Waals surface area contributed by atoms with Crippen molar-refractivity contribution in [3.63, 3.8) is 0 Å². The van der Waals surface area contributed by atoms with Gasteiger partial charge in [0.05, 0.1) is 4.70 Å². The summed E-state index contributed by atoms with van der Waals surface area (Å²) in [6.07, 6.45) is -0.758. The lowest BCUT2D eigenvalue weighted by Crippen LogP contribution is -2.30. The maximum absolute atomic E-state index is 13.6. The van der Waals surface area contributed by atoms with Gasteiger partial charge >= 0.3 is 0 Å². The Hall–Kier alpha value is -2.54. The fourth-order valence-electron chi connectivity index (χ4n) is 1.97. The number of rotatable bonds is 4. The molecule has 0 fully saturated rings. The Morgan fingerprint density at radius 2 is 2.00 bits per heavy atom. The number of ether oxygens (including phenoxy) is 1. The van der Waals surface area contributed by atoms with Crippen LogP contribution in [-0.4, -0.2) is 17.0 Å². The predicted octanol–water partition coefficient (Wildman–Crippen LogP) is 3.98. The van der Waals surface area contributed by atoms with E-state index in [1.807, 2.05) is 6.07 Å². The molecule has 0 aliphatic carbocycles. The zero-order valence-corrected chi connectivity index (χ0v) is 12.9.